The highest BCUT2D eigenvalue weighted by molar-refractivity contribution is 6.30. The molecule has 0 aliphatic carbocycles. The number of H-pyrrole nitrogens is 1. The number of rotatable bonds is 5. The molecular formula is C14H16ClN3O. The van der Waals surface area contributed by atoms with Gasteiger partial charge in [-0.2, -0.15) is 0 Å². The highest BCUT2D eigenvalue weighted by Crippen LogP contribution is 2.11. The van der Waals surface area contributed by atoms with Crippen molar-refractivity contribution in [1.29, 1.82) is 0 Å². The van der Waals surface area contributed by atoms with Gasteiger partial charge in [0.15, 0.2) is 0 Å². The third-order valence-electron chi connectivity index (χ3n) is 2.68. The first kappa shape index (κ1) is 13.8. The van der Waals surface area contributed by atoms with Gasteiger partial charge in [-0.25, -0.2) is 4.98 Å². The smallest absolute Gasteiger partial charge is 0.251 e. The Morgan fingerprint density at radius 1 is 1.32 bits per heavy atom. The second kappa shape index (κ2) is 6.50. The molecule has 2 rings (SSSR count). The molecular weight excluding hydrogens is 262 g/mol. The highest BCUT2D eigenvalue weighted by Gasteiger charge is 2.03. The molecule has 0 spiro atoms. The lowest BCUT2D eigenvalue weighted by Gasteiger charge is -2.05. The monoisotopic (exact) mass is 277 g/mol. The Balaban J connectivity index is 2.17. The van der Waals surface area contributed by atoms with Gasteiger partial charge in [0.25, 0.3) is 5.56 Å². The zero-order valence-corrected chi connectivity index (χ0v) is 11.5. The van der Waals surface area contributed by atoms with Crippen LogP contribution >= 0.6 is 11.6 Å². The first-order valence-electron chi connectivity index (χ1n) is 6.21. The first-order valence-corrected chi connectivity index (χ1v) is 6.59. The van der Waals surface area contributed by atoms with Crippen LogP contribution in [-0.2, 0) is 13.0 Å². The molecule has 0 amide bonds. The van der Waals surface area contributed by atoms with Gasteiger partial charge in [0, 0.05) is 24.1 Å². The lowest BCUT2D eigenvalue weighted by Crippen LogP contribution is -2.18. The topological polar surface area (TPSA) is 57.8 Å². The number of hydrogen-bond acceptors (Lipinski definition) is 3. The normalized spacial score (nSPS) is 10.6. The number of aromatic amines is 1. The van der Waals surface area contributed by atoms with Gasteiger partial charge in [-0.3, -0.25) is 4.79 Å². The average Bonchev–Trinajstić information content (AvgIpc) is 2.38. The van der Waals surface area contributed by atoms with Crippen molar-refractivity contribution < 1.29 is 0 Å². The fourth-order valence-electron chi connectivity index (χ4n) is 1.79. The third kappa shape index (κ3) is 4.19. The van der Waals surface area contributed by atoms with Crippen molar-refractivity contribution in [3.63, 3.8) is 0 Å². The molecule has 0 atom stereocenters. The predicted octanol–water partition coefficient (Wildman–Crippen LogP) is 2.12. The predicted molar refractivity (Wildman–Crippen MR) is 76.5 cm³/mol. The average molecular weight is 278 g/mol. The standard InChI is InChI=1S/C14H16ClN3O/c1-2-16-9-12-8-14(19)18-13(17-12)7-10-3-5-11(15)6-4-10/h3-6,8,16H,2,7,9H2,1H3,(H,17,18,19). The molecule has 4 nitrogen and oxygen atoms in total. The van der Waals surface area contributed by atoms with Crippen molar-refractivity contribution in [2.45, 2.75) is 19.9 Å². The van der Waals surface area contributed by atoms with E-state index in [1.54, 1.807) is 0 Å². The van der Waals surface area contributed by atoms with Crippen LogP contribution in [0.15, 0.2) is 35.1 Å². The summed E-state index contributed by atoms with van der Waals surface area (Å²) in [5, 5.41) is 3.86. The van der Waals surface area contributed by atoms with Crippen LogP contribution in [0.1, 0.15) is 24.0 Å². The minimum Gasteiger partial charge on any atom is -0.311 e. The number of nitrogens with zero attached hydrogens (tertiary/aromatic N) is 1. The molecule has 2 aromatic rings. The van der Waals surface area contributed by atoms with Crippen LogP contribution in [0.2, 0.25) is 5.02 Å². The van der Waals surface area contributed by atoms with Crippen molar-refractivity contribution >= 4 is 11.6 Å². The van der Waals surface area contributed by atoms with E-state index < -0.39 is 0 Å². The second-order valence-corrected chi connectivity index (χ2v) is 4.70. The van der Waals surface area contributed by atoms with Crippen LogP contribution in [-0.4, -0.2) is 16.5 Å². The molecule has 0 saturated heterocycles. The minimum absolute atomic E-state index is 0.119. The number of benzene rings is 1. The van der Waals surface area contributed by atoms with E-state index in [0.717, 1.165) is 17.8 Å². The van der Waals surface area contributed by atoms with Crippen molar-refractivity contribution in [2.75, 3.05) is 6.54 Å². The summed E-state index contributed by atoms with van der Waals surface area (Å²) in [6.07, 6.45) is 0.590. The van der Waals surface area contributed by atoms with Gasteiger partial charge in [-0.15, -0.1) is 0 Å². The largest absolute Gasteiger partial charge is 0.311 e. The van der Waals surface area contributed by atoms with E-state index in [1.807, 2.05) is 31.2 Å². The van der Waals surface area contributed by atoms with Crippen LogP contribution < -0.4 is 10.9 Å². The van der Waals surface area contributed by atoms with Gasteiger partial charge in [0.2, 0.25) is 0 Å². The van der Waals surface area contributed by atoms with E-state index in [0.29, 0.717) is 23.8 Å². The molecule has 0 aliphatic heterocycles. The van der Waals surface area contributed by atoms with E-state index in [-0.39, 0.29) is 5.56 Å². The maximum absolute atomic E-state index is 11.6. The highest BCUT2D eigenvalue weighted by atomic mass is 35.5. The lowest BCUT2D eigenvalue weighted by molar-refractivity contribution is 0.700. The summed E-state index contributed by atoms with van der Waals surface area (Å²) in [6, 6.07) is 9.04. The molecule has 0 radical (unpaired) electrons. The molecule has 5 heteroatoms. The van der Waals surface area contributed by atoms with Gasteiger partial charge >= 0.3 is 0 Å². The number of aromatic nitrogens is 2. The molecule has 1 heterocycles. The Bertz CT molecular complexity index is 592. The maximum atomic E-state index is 11.6. The summed E-state index contributed by atoms with van der Waals surface area (Å²) in [7, 11) is 0. The summed E-state index contributed by atoms with van der Waals surface area (Å²) in [4.78, 5) is 18.8. The summed E-state index contributed by atoms with van der Waals surface area (Å²) in [6.45, 7) is 3.47. The van der Waals surface area contributed by atoms with Gasteiger partial charge in [-0.05, 0) is 24.2 Å². The Kier molecular flexibility index (Phi) is 4.71. The summed E-state index contributed by atoms with van der Waals surface area (Å²) in [5.41, 5.74) is 1.70. The van der Waals surface area contributed by atoms with Gasteiger partial charge in [0.1, 0.15) is 5.82 Å². The first-order chi connectivity index (χ1) is 9.17. The van der Waals surface area contributed by atoms with E-state index in [2.05, 4.69) is 15.3 Å². The van der Waals surface area contributed by atoms with E-state index >= 15 is 0 Å². The Morgan fingerprint density at radius 3 is 2.74 bits per heavy atom. The van der Waals surface area contributed by atoms with Crippen LogP contribution in [0, 0.1) is 0 Å². The zero-order valence-electron chi connectivity index (χ0n) is 10.7. The van der Waals surface area contributed by atoms with Crippen molar-refractivity contribution in [2.24, 2.45) is 0 Å². The van der Waals surface area contributed by atoms with Crippen LogP contribution in [0.5, 0.6) is 0 Å². The van der Waals surface area contributed by atoms with E-state index in [9.17, 15) is 4.79 Å². The molecule has 0 fully saturated rings. The fraction of sp³-hybridized carbons (Fsp3) is 0.286. The van der Waals surface area contributed by atoms with Gasteiger partial charge in [-0.1, -0.05) is 30.7 Å². The van der Waals surface area contributed by atoms with Gasteiger partial charge in [0.05, 0.1) is 5.69 Å². The van der Waals surface area contributed by atoms with Crippen molar-refractivity contribution in [3.05, 3.63) is 62.8 Å². The molecule has 0 saturated carbocycles. The quantitative estimate of drug-likeness (QED) is 0.880. The molecule has 100 valence electrons. The summed E-state index contributed by atoms with van der Waals surface area (Å²) < 4.78 is 0. The van der Waals surface area contributed by atoms with E-state index in [1.165, 1.54) is 6.07 Å². The zero-order chi connectivity index (χ0) is 13.7. The van der Waals surface area contributed by atoms with E-state index in [4.69, 9.17) is 11.6 Å². The van der Waals surface area contributed by atoms with Gasteiger partial charge < -0.3 is 10.3 Å². The molecule has 0 unspecified atom stereocenters. The summed E-state index contributed by atoms with van der Waals surface area (Å²) >= 11 is 5.84. The number of nitrogens with one attached hydrogen (secondary N) is 2. The third-order valence-corrected chi connectivity index (χ3v) is 2.94. The Morgan fingerprint density at radius 2 is 2.05 bits per heavy atom. The molecule has 1 aromatic carbocycles. The summed E-state index contributed by atoms with van der Waals surface area (Å²) in [5.74, 6) is 0.669. The van der Waals surface area contributed by atoms with Crippen molar-refractivity contribution in [1.82, 2.24) is 15.3 Å². The Labute approximate surface area is 116 Å². The number of halogens is 1. The molecule has 0 bridgehead atoms. The molecule has 0 aliphatic rings. The lowest BCUT2D eigenvalue weighted by atomic mass is 10.1. The number of hydrogen-bond donors (Lipinski definition) is 2. The molecule has 2 N–H and O–H groups in total. The van der Waals surface area contributed by atoms with Crippen LogP contribution in [0.3, 0.4) is 0 Å². The minimum atomic E-state index is -0.119. The van der Waals surface area contributed by atoms with Crippen molar-refractivity contribution in [3.8, 4) is 0 Å². The SMILES string of the molecule is CCNCc1cc(=O)[nH]c(Cc2ccc(Cl)cc2)n1. The fourth-order valence-corrected chi connectivity index (χ4v) is 1.91. The van der Waals surface area contributed by atoms with Crippen LogP contribution in [0.25, 0.3) is 0 Å². The molecule has 19 heavy (non-hydrogen) atoms. The Hall–Kier alpha value is -1.65. The second-order valence-electron chi connectivity index (χ2n) is 4.27. The van der Waals surface area contributed by atoms with Crippen LogP contribution in [0.4, 0.5) is 0 Å². The maximum Gasteiger partial charge on any atom is 0.251 e. The molecule has 1 aromatic heterocycles.